The Kier molecular flexibility index (Phi) is 4.80. The summed E-state index contributed by atoms with van der Waals surface area (Å²) in [7, 11) is 0. The maximum atomic E-state index is 12.6. The summed E-state index contributed by atoms with van der Waals surface area (Å²) in [6.07, 6.45) is 7.19. The number of hydrogen-bond acceptors (Lipinski definition) is 5. The average molecular weight is 318 g/mol. The predicted molar refractivity (Wildman–Crippen MR) is 88.2 cm³/mol. The minimum absolute atomic E-state index is 0.0125. The van der Waals surface area contributed by atoms with Gasteiger partial charge in [0, 0.05) is 38.1 Å². The molecule has 2 atom stereocenters. The summed E-state index contributed by atoms with van der Waals surface area (Å²) in [5.41, 5.74) is -0.146. The fourth-order valence-electron chi connectivity index (χ4n) is 3.50. The van der Waals surface area contributed by atoms with Gasteiger partial charge >= 0.3 is 0 Å². The van der Waals surface area contributed by atoms with Gasteiger partial charge in [0.15, 0.2) is 0 Å². The fraction of sp³-hybridized carbons (Fsp3) is 0.706. The van der Waals surface area contributed by atoms with Gasteiger partial charge in [-0.3, -0.25) is 4.79 Å². The number of nitrogens with zero attached hydrogens (tertiary/aromatic N) is 3. The first-order chi connectivity index (χ1) is 11.0. The van der Waals surface area contributed by atoms with Gasteiger partial charge in [-0.25, -0.2) is 9.97 Å². The van der Waals surface area contributed by atoms with Crippen LogP contribution in [0.4, 0.5) is 5.95 Å². The van der Waals surface area contributed by atoms with E-state index in [1.165, 1.54) is 0 Å². The maximum absolute atomic E-state index is 12.6. The van der Waals surface area contributed by atoms with Crippen LogP contribution in [0.1, 0.15) is 39.5 Å². The second kappa shape index (κ2) is 6.83. The van der Waals surface area contributed by atoms with Gasteiger partial charge in [0.2, 0.25) is 11.9 Å². The lowest BCUT2D eigenvalue weighted by Crippen LogP contribution is -2.50. The van der Waals surface area contributed by atoms with Gasteiger partial charge in [0.05, 0.1) is 11.5 Å². The van der Waals surface area contributed by atoms with E-state index in [1.54, 1.807) is 12.4 Å². The Hall–Kier alpha value is -1.69. The Balaban J connectivity index is 1.57. The molecule has 3 heterocycles. The smallest absolute Gasteiger partial charge is 0.225 e. The summed E-state index contributed by atoms with van der Waals surface area (Å²) >= 11 is 0. The molecule has 0 radical (unpaired) electrons. The van der Waals surface area contributed by atoms with Gasteiger partial charge in [0.1, 0.15) is 0 Å². The van der Waals surface area contributed by atoms with Crippen molar-refractivity contribution in [3.05, 3.63) is 18.5 Å². The highest BCUT2D eigenvalue weighted by Gasteiger charge is 2.32. The molecule has 2 aliphatic heterocycles. The number of hydrogen-bond donors (Lipinski definition) is 1. The SMILES string of the molecule is CC1(C)C[C@@H](NC(=O)[C@@H]2CCCN(c3ncccn3)C2)CCO1. The van der Waals surface area contributed by atoms with Crippen LogP contribution in [-0.2, 0) is 9.53 Å². The molecule has 0 spiro atoms. The third kappa shape index (κ3) is 4.19. The zero-order valence-electron chi connectivity index (χ0n) is 14.0. The first-order valence-corrected chi connectivity index (χ1v) is 8.50. The van der Waals surface area contributed by atoms with Gasteiger partial charge in [0.25, 0.3) is 0 Å². The zero-order valence-corrected chi connectivity index (χ0v) is 14.0. The van der Waals surface area contributed by atoms with Crippen molar-refractivity contribution >= 4 is 11.9 Å². The van der Waals surface area contributed by atoms with Crippen molar-refractivity contribution in [2.75, 3.05) is 24.6 Å². The largest absolute Gasteiger partial charge is 0.375 e. The van der Waals surface area contributed by atoms with E-state index in [4.69, 9.17) is 4.74 Å². The van der Waals surface area contributed by atoms with Crippen LogP contribution in [0.3, 0.4) is 0 Å². The molecule has 1 aromatic rings. The molecule has 0 saturated carbocycles. The van der Waals surface area contributed by atoms with Gasteiger partial charge in [-0.05, 0) is 45.6 Å². The van der Waals surface area contributed by atoms with Gasteiger partial charge < -0.3 is 15.0 Å². The summed E-state index contributed by atoms with van der Waals surface area (Å²) in [5, 5.41) is 3.23. The van der Waals surface area contributed by atoms with E-state index in [0.29, 0.717) is 13.2 Å². The van der Waals surface area contributed by atoms with E-state index in [9.17, 15) is 4.79 Å². The molecule has 0 unspecified atom stereocenters. The number of carbonyl (C=O) groups excluding carboxylic acids is 1. The molecule has 6 heteroatoms. The molecule has 1 N–H and O–H groups in total. The Morgan fingerprint density at radius 3 is 2.87 bits per heavy atom. The van der Waals surface area contributed by atoms with Gasteiger partial charge in [-0.2, -0.15) is 0 Å². The quantitative estimate of drug-likeness (QED) is 0.920. The van der Waals surface area contributed by atoms with Crippen molar-refractivity contribution in [2.45, 2.75) is 51.2 Å². The Morgan fingerprint density at radius 1 is 1.35 bits per heavy atom. The van der Waals surface area contributed by atoms with Crippen LogP contribution in [0, 0.1) is 5.92 Å². The van der Waals surface area contributed by atoms with Crippen molar-refractivity contribution < 1.29 is 9.53 Å². The molecule has 1 aromatic heterocycles. The number of carbonyl (C=O) groups is 1. The highest BCUT2D eigenvalue weighted by molar-refractivity contribution is 5.79. The number of anilines is 1. The molecule has 1 amide bonds. The Bertz CT molecular complexity index is 535. The minimum Gasteiger partial charge on any atom is -0.375 e. The lowest BCUT2D eigenvalue weighted by atomic mass is 9.92. The van der Waals surface area contributed by atoms with Crippen molar-refractivity contribution in [1.82, 2.24) is 15.3 Å². The van der Waals surface area contributed by atoms with E-state index in [0.717, 1.165) is 38.2 Å². The average Bonchev–Trinajstić information content (AvgIpc) is 2.55. The topological polar surface area (TPSA) is 67.4 Å². The standard InChI is InChI=1S/C17H26N4O2/c1-17(2)11-14(6-10-23-17)20-15(22)13-5-3-9-21(12-13)16-18-7-4-8-19-16/h4,7-8,13-14H,3,5-6,9-12H2,1-2H3,(H,20,22)/t13-,14+/m1/s1. The van der Waals surface area contributed by atoms with E-state index >= 15 is 0 Å². The van der Waals surface area contributed by atoms with Gasteiger partial charge in [-0.15, -0.1) is 0 Å². The number of ether oxygens (including phenoxy) is 1. The molecule has 2 saturated heterocycles. The second-order valence-corrected chi connectivity index (χ2v) is 7.14. The lowest BCUT2D eigenvalue weighted by Gasteiger charge is -2.37. The van der Waals surface area contributed by atoms with Crippen LogP contribution >= 0.6 is 0 Å². The highest BCUT2D eigenvalue weighted by atomic mass is 16.5. The zero-order chi connectivity index (χ0) is 16.3. The van der Waals surface area contributed by atoms with E-state index < -0.39 is 0 Å². The minimum atomic E-state index is -0.146. The third-order valence-electron chi connectivity index (χ3n) is 4.67. The molecule has 0 aromatic carbocycles. The summed E-state index contributed by atoms with van der Waals surface area (Å²) in [5.74, 6) is 0.893. The number of rotatable bonds is 3. The van der Waals surface area contributed by atoms with Crippen LogP contribution in [0.25, 0.3) is 0 Å². The molecular weight excluding hydrogens is 292 g/mol. The van der Waals surface area contributed by atoms with Crippen molar-refractivity contribution in [3.63, 3.8) is 0 Å². The predicted octanol–water partition coefficient (Wildman–Crippen LogP) is 1.77. The normalized spacial score (nSPS) is 27.5. The molecule has 126 valence electrons. The molecule has 0 aliphatic carbocycles. The number of piperidine rings is 1. The highest BCUT2D eigenvalue weighted by Crippen LogP contribution is 2.25. The summed E-state index contributed by atoms with van der Waals surface area (Å²) in [4.78, 5) is 23.3. The summed E-state index contributed by atoms with van der Waals surface area (Å²) in [6, 6.07) is 2.03. The molecule has 3 rings (SSSR count). The lowest BCUT2D eigenvalue weighted by molar-refractivity contribution is -0.128. The molecule has 0 bridgehead atoms. The molecular formula is C17H26N4O2. The monoisotopic (exact) mass is 318 g/mol. The molecule has 6 nitrogen and oxygen atoms in total. The van der Waals surface area contributed by atoms with Crippen LogP contribution in [0.2, 0.25) is 0 Å². The third-order valence-corrected chi connectivity index (χ3v) is 4.67. The Labute approximate surface area is 137 Å². The summed E-state index contributed by atoms with van der Waals surface area (Å²) < 4.78 is 5.72. The second-order valence-electron chi connectivity index (χ2n) is 7.14. The summed E-state index contributed by atoms with van der Waals surface area (Å²) in [6.45, 7) is 6.49. The number of aromatic nitrogens is 2. The first kappa shape index (κ1) is 16.2. The first-order valence-electron chi connectivity index (χ1n) is 8.50. The van der Waals surface area contributed by atoms with E-state index in [2.05, 4.69) is 34.0 Å². The Morgan fingerprint density at radius 2 is 2.13 bits per heavy atom. The van der Waals surface area contributed by atoms with Crippen LogP contribution in [-0.4, -0.2) is 47.2 Å². The van der Waals surface area contributed by atoms with E-state index in [-0.39, 0.29) is 23.5 Å². The van der Waals surface area contributed by atoms with Crippen molar-refractivity contribution in [1.29, 1.82) is 0 Å². The van der Waals surface area contributed by atoms with E-state index in [1.807, 2.05) is 6.07 Å². The number of nitrogens with one attached hydrogen (secondary N) is 1. The fourth-order valence-corrected chi connectivity index (χ4v) is 3.50. The van der Waals surface area contributed by atoms with Crippen LogP contribution in [0.15, 0.2) is 18.5 Å². The van der Waals surface area contributed by atoms with Crippen molar-refractivity contribution in [3.8, 4) is 0 Å². The van der Waals surface area contributed by atoms with Crippen LogP contribution in [0.5, 0.6) is 0 Å². The van der Waals surface area contributed by atoms with Gasteiger partial charge in [-0.1, -0.05) is 0 Å². The molecule has 2 fully saturated rings. The number of amides is 1. The molecule has 2 aliphatic rings. The molecule has 23 heavy (non-hydrogen) atoms. The van der Waals surface area contributed by atoms with Crippen molar-refractivity contribution in [2.24, 2.45) is 5.92 Å². The van der Waals surface area contributed by atoms with Crippen LogP contribution < -0.4 is 10.2 Å². The maximum Gasteiger partial charge on any atom is 0.225 e.